The van der Waals surface area contributed by atoms with Crippen molar-refractivity contribution >= 4 is 0 Å². The summed E-state index contributed by atoms with van der Waals surface area (Å²) in [7, 11) is 1.60. The van der Waals surface area contributed by atoms with E-state index in [0.29, 0.717) is 5.75 Å². The Bertz CT molecular complexity index is 554. The number of phenolic OH excluding ortho intramolecular Hbond substituents is 1. The van der Waals surface area contributed by atoms with Gasteiger partial charge in [0.1, 0.15) is 11.5 Å². The first-order valence-electron chi connectivity index (χ1n) is 7.35. The lowest BCUT2D eigenvalue weighted by Crippen LogP contribution is -2.20. The Morgan fingerprint density at radius 3 is 2.57 bits per heavy atom. The lowest BCUT2D eigenvalue weighted by Gasteiger charge is -2.16. The molecule has 0 aliphatic rings. The van der Waals surface area contributed by atoms with Gasteiger partial charge in [0.15, 0.2) is 0 Å². The zero-order valence-electron chi connectivity index (χ0n) is 12.7. The van der Waals surface area contributed by atoms with Crippen molar-refractivity contribution in [2.75, 3.05) is 13.7 Å². The van der Waals surface area contributed by atoms with Gasteiger partial charge in [-0.2, -0.15) is 0 Å². The maximum Gasteiger partial charge on any atom is 0.124 e. The van der Waals surface area contributed by atoms with Gasteiger partial charge >= 0.3 is 0 Å². The van der Waals surface area contributed by atoms with Gasteiger partial charge in [-0.15, -0.1) is 0 Å². The fraction of sp³-hybridized carbons (Fsp3) is 0.333. The van der Waals surface area contributed by atoms with E-state index in [1.54, 1.807) is 13.2 Å². The molecule has 0 fully saturated rings. The van der Waals surface area contributed by atoms with E-state index in [2.05, 4.69) is 36.5 Å². The van der Waals surface area contributed by atoms with Crippen LogP contribution < -0.4 is 10.1 Å². The summed E-state index contributed by atoms with van der Waals surface area (Å²) < 4.78 is 5.10. The molecular formula is C18H23NO2. The van der Waals surface area contributed by atoms with Gasteiger partial charge in [-0.3, -0.25) is 0 Å². The lowest BCUT2D eigenvalue weighted by molar-refractivity contribution is 0.404. The topological polar surface area (TPSA) is 41.5 Å². The van der Waals surface area contributed by atoms with Crippen LogP contribution in [0.5, 0.6) is 11.5 Å². The molecule has 0 amide bonds. The van der Waals surface area contributed by atoms with Crippen molar-refractivity contribution in [3.8, 4) is 11.5 Å². The zero-order chi connectivity index (χ0) is 15.1. The van der Waals surface area contributed by atoms with Crippen LogP contribution in [0.2, 0.25) is 0 Å². The molecule has 0 saturated heterocycles. The molecule has 1 unspecified atom stereocenters. The van der Waals surface area contributed by atoms with E-state index >= 15 is 0 Å². The molecule has 2 aromatic rings. The molecule has 1 atom stereocenters. The molecule has 2 rings (SSSR count). The first kappa shape index (κ1) is 15.4. The third-order valence-corrected chi connectivity index (χ3v) is 3.64. The number of rotatable bonds is 7. The van der Waals surface area contributed by atoms with Crippen LogP contribution in [-0.4, -0.2) is 18.8 Å². The maximum absolute atomic E-state index is 10.0. The van der Waals surface area contributed by atoms with Crippen molar-refractivity contribution in [1.29, 1.82) is 0 Å². The highest BCUT2D eigenvalue weighted by atomic mass is 16.5. The van der Waals surface area contributed by atoms with Crippen LogP contribution in [0.3, 0.4) is 0 Å². The quantitative estimate of drug-likeness (QED) is 0.762. The number of hydrogen-bond donors (Lipinski definition) is 2. The number of methoxy groups -OCH3 is 1. The van der Waals surface area contributed by atoms with Crippen LogP contribution in [0.15, 0.2) is 48.5 Å². The molecule has 0 aliphatic heterocycles. The van der Waals surface area contributed by atoms with Gasteiger partial charge in [-0.1, -0.05) is 36.4 Å². The minimum Gasteiger partial charge on any atom is -0.507 e. The molecule has 0 bridgehead atoms. The average Bonchev–Trinajstić information content (AvgIpc) is 2.52. The molecule has 112 valence electrons. The molecule has 2 N–H and O–H groups in total. The van der Waals surface area contributed by atoms with E-state index < -0.39 is 0 Å². The van der Waals surface area contributed by atoms with E-state index in [4.69, 9.17) is 4.74 Å². The molecular weight excluding hydrogens is 262 g/mol. The van der Waals surface area contributed by atoms with Crippen LogP contribution >= 0.6 is 0 Å². The van der Waals surface area contributed by atoms with Crippen molar-refractivity contribution in [1.82, 2.24) is 5.32 Å². The smallest absolute Gasteiger partial charge is 0.124 e. The largest absolute Gasteiger partial charge is 0.507 e. The van der Waals surface area contributed by atoms with Gasteiger partial charge in [0, 0.05) is 17.7 Å². The number of hydrogen-bond acceptors (Lipinski definition) is 3. The Kier molecular flexibility index (Phi) is 5.64. The number of aromatic hydroxyl groups is 1. The van der Waals surface area contributed by atoms with Crippen molar-refractivity contribution in [3.05, 3.63) is 59.7 Å². The average molecular weight is 285 g/mol. The Balaban J connectivity index is 1.80. The van der Waals surface area contributed by atoms with Crippen LogP contribution in [-0.2, 0) is 6.42 Å². The van der Waals surface area contributed by atoms with Crippen molar-refractivity contribution in [3.63, 3.8) is 0 Å². The van der Waals surface area contributed by atoms with E-state index in [-0.39, 0.29) is 11.8 Å². The molecule has 2 aromatic carbocycles. The number of phenols is 1. The second-order valence-corrected chi connectivity index (χ2v) is 5.19. The van der Waals surface area contributed by atoms with Crippen molar-refractivity contribution in [2.45, 2.75) is 25.8 Å². The number of aryl methyl sites for hydroxylation is 1. The van der Waals surface area contributed by atoms with Crippen molar-refractivity contribution in [2.24, 2.45) is 0 Å². The number of ether oxygens (including phenoxy) is 1. The highest BCUT2D eigenvalue weighted by Gasteiger charge is 2.10. The van der Waals surface area contributed by atoms with Crippen molar-refractivity contribution < 1.29 is 9.84 Å². The minimum atomic E-state index is 0.117. The van der Waals surface area contributed by atoms with Gasteiger partial charge in [-0.25, -0.2) is 0 Å². The standard InChI is InChI=1S/C18H23NO2/c1-14(17-11-10-16(21-2)13-18(17)20)19-12-6-9-15-7-4-3-5-8-15/h3-5,7-8,10-11,13-14,19-20H,6,9,12H2,1-2H3. The predicted molar refractivity (Wildman–Crippen MR) is 85.8 cm³/mol. The van der Waals surface area contributed by atoms with E-state index in [1.165, 1.54) is 5.56 Å². The molecule has 0 radical (unpaired) electrons. The Hall–Kier alpha value is -2.00. The summed E-state index contributed by atoms with van der Waals surface area (Å²) in [5.41, 5.74) is 2.26. The predicted octanol–water partition coefficient (Wildman–Crippen LogP) is 3.68. The Labute approximate surface area is 126 Å². The summed E-state index contributed by atoms with van der Waals surface area (Å²) in [4.78, 5) is 0. The minimum absolute atomic E-state index is 0.117. The fourth-order valence-electron chi connectivity index (χ4n) is 2.38. The highest BCUT2D eigenvalue weighted by molar-refractivity contribution is 5.41. The zero-order valence-corrected chi connectivity index (χ0v) is 12.7. The molecule has 21 heavy (non-hydrogen) atoms. The highest BCUT2D eigenvalue weighted by Crippen LogP contribution is 2.28. The third kappa shape index (κ3) is 4.50. The van der Waals surface area contributed by atoms with Gasteiger partial charge in [0.05, 0.1) is 7.11 Å². The monoisotopic (exact) mass is 285 g/mol. The summed E-state index contributed by atoms with van der Waals surface area (Å²) >= 11 is 0. The normalized spacial score (nSPS) is 12.1. The number of benzene rings is 2. The van der Waals surface area contributed by atoms with Gasteiger partial charge in [-0.05, 0) is 37.9 Å². The molecule has 0 saturated carbocycles. The summed E-state index contributed by atoms with van der Waals surface area (Å²) in [6.07, 6.45) is 2.14. The second-order valence-electron chi connectivity index (χ2n) is 5.19. The van der Waals surface area contributed by atoms with Gasteiger partial charge in [0.25, 0.3) is 0 Å². The molecule has 0 spiro atoms. The fourth-order valence-corrected chi connectivity index (χ4v) is 2.38. The van der Waals surface area contributed by atoms with Crippen LogP contribution in [0.4, 0.5) is 0 Å². The maximum atomic E-state index is 10.0. The van der Waals surface area contributed by atoms with E-state index in [1.807, 2.05) is 18.2 Å². The first-order chi connectivity index (χ1) is 10.2. The molecule has 0 aliphatic carbocycles. The lowest BCUT2D eigenvalue weighted by atomic mass is 10.1. The van der Waals surface area contributed by atoms with Crippen LogP contribution in [0.25, 0.3) is 0 Å². The van der Waals surface area contributed by atoms with Gasteiger partial charge in [0.2, 0.25) is 0 Å². The van der Waals surface area contributed by atoms with Crippen LogP contribution in [0, 0.1) is 0 Å². The first-order valence-corrected chi connectivity index (χ1v) is 7.35. The summed E-state index contributed by atoms with van der Waals surface area (Å²) in [6.45, 7) is 2.98. The van der Waals surface area contributed by atoms with Crippen LogP contribution in [0.1, 0.15) is 30.5 Å². The molecule has 3 heteroatoms. The summed E-state index contributed by atoms with van der Waals surface area (Å²) in [5.74, 6) is 0.949. The molecule has 3 nitrogen and oxygen atoms in total. The second kappa shape index (κ2) is 7.70. The Morgan fingerprint density at radius 1 is 1.14 bits per heavy atom. The summed E-state index contributed by atoms with van der Waals surface area (Å²) in [6, 6.07) is 16.0. The Morgan fingerprint density at radius 2 is 1.90 bits per heavy atom. The molecule has 0 heterocycles. The SMILES string of the molecule is COc1ccc(C(C)NCCCc2ccccc2)c(O)c1. The van der Waals surface area contributed by atoms with E-state index in [9.17, 15) is 5.11 Å². The van der Waals surface area contributed by atoms with Gasteiger partial charge < -0.3 is 15.2 Å². The van der Waals surface area contributed by atoms with E-state index in [0.717, 1.165) is 24.9 Å². The summed E-state index contributed by atoms with van der Waals surface area (Å²) in [5, 5.41) is 13.5. The third-order valence-electron chi connectivity index (χ3n) is 3.64. The number of nitrogens with one attached hydrogen (secondary N) is 1. The molecule has 0 aromatic heterocycles.